The monoisotopic (exact) mass is 375 g/mol. The summed E-state index contributed by atoms with van der Waals surface area (Å²) in [5.41, 5.74) is 0. The number of hydrogen-bond acceptors (Lipinski definition) is 6. The van der Waals surface area contributed by atoms with Crippen LogP contribution in [0.3, 0.4) is 0 Å². The number of aromatic nitrogens is 3. The van der Waals surface area contributed by atoms with Crippen molar-refractivity contribution in [1.82, 2.24) is 15.0 Å². The first kappa shape index (κ1) is 15.5. The van der Waals surface area contributed by atoms with Crippen molar-refractivity contribution >= 4 is 50.8 Å². The maximum absolute atomic E-state index is 5.96. The summed E-state index contributed by atoms with van der Waals surface area (Å²) in [7, 11) is 0. The molecule has 8 heteroatoms. The van der Waals surface area contributed by atoms with E-state index in [2.05, 4.69) is 56.1 Å². The first-order valence-corrected chi connectivity index (χ1v) is 8.25. The molecule has 0 radical (unpaired) electrons. The molecule has 0 aliphatic rings. The smallest absolute Gasteiger partial charge is 0.231 e. The van der Waals surface area contributed by atoms with Crippen LogP contribution in [0, 0.1) is 0 Å². The summed E-state index contributed by atoms with van der Waals surface area (Å²) < 4.78 is 1.10. The molecule has 0 aromatic carbocycles. The number of nitrogens with one attached hydrogen (secondary N) is 1. The molecule has 0 saturated heterocycles. The van der Waals surface area contributed by atoms with E-state index < -0.39 is 0 Å². The average molecular weight is 377 g/mol. The highest BCUT2D eigenvalue weighted by atomic mass is 79.9. The summed E-state index contributed by atoms with van der Waals surface area (Å²) in [6.07, 6.45) is 0. The lowest BCUT2D eigenvalue weighted by atomic mass is 10.5. The summed E-state index contributed by atoms with van der Waals surface area (Å²) in [6.45, 7) is 6.42. The van der Waals surface area contributed by atoms with Crippen molar-refractivity contribution in [2.45, 2.75) is 20.4 Å². The Morgan fingerprint density at radius 1 is 1.25 bits per heavy atom. The second-order valence-corrected chi connectivity index (χ2v) is 6.85. The normalized spacial score (nSPS) is 10.6. The highest BCUT2D eigenvalue weighted by Crippen LogP contribution is 2.22. The SMILES string of the molecule is CCN(CC)c1nc(Cl)nc(NCc2ccc(Br)s2)n1. The lowest BCUT2D eigenvalue weighted by Gasteiger charge is -2.18. The van der Waals surface area contributed by atoms with Crippen molar-refractivity contribution in [1.29, 1.82) is 0 Å². The highest BCUT2D eigenvalue weighted by molar-refractivity contribution is 9.11. The van der Waals surface area contributed by atoms with Gasteiger partial charge in [-0.1, -0.05) is 0 Å². The first-order valence-electron chi connectivity index (χ1n) is 6.27. The van der Waals surface area contributed by atoms with Crippen LogP contribution in [0.1, 0.15) is 18.7 Å². The zero-order chi connectivity index (χ0) is 14.5. The largest absolute Gasteiger partial charge is 0.349 e. The molecule has 0 amide bonds. The third kappa shape index (κ3) is 4.04. The molecule has 108 valence electrons. The van der Waals surface area contributed by atoms with Crippen molar-refractivity contribution in [3.63, 3.8) is 0 Å². The molecule has 0 aliphatic carbocycles. The molecular weight excluding hydrogens is 362 g/mol. The van der Waals surface area contributed by atoms with E-state index in [1.807, 2.05) is 11.0 Å². The minimum absolute atomic E-state index is 0.205. The third-order valence-corrected chi connectivity index (χ3v) is 4.48. The van der Waals surface area contributed by atoms with E-state index in [1.54, 1.807) is 11.3 Å². The Balaban J connectivity index is 2.11. The molecule has 2 rings (SSSR count). The number of hydrogen-bond donors (Lipinski definition) is 1. The van der Waals surface area contributed by atoms with E-state index in [0.717, 1.165) is 16.9 Å². The van der Waals surface area contributed by atoms with Crippen molar-refractivity contribution in [2.24, 2.45) is 0 Å². The molecule has 0 unspecified atom stereocenters. The molecule has 0 atom stereocenters. The van der Waals surface area contributed by atoms with E-state index in [9.17, 15) is 0 Å². The lowest BCUT2D eigenvalue weighted by Crippen LogP contribution is -2.25. The third-order valence-electron chi connectivity index (χ3n) is 2.69. The Bertz CT molecular complexity index is 573. The quantitative estimate of drug-likeness (QED) is 0.831. The summed E-state index contributed by atoms with van der Waals surface area (Å²) in [6, 6.07) is 4.07. The number of nitrogens with zero attached hydrogens (tertiary/aromatic N) is 4. The maximum atomic E-state index is 5.96. The summed E-state index contributed by atoms with van der Waals surface area (Å²) >= 11 is 11.1. The number of anilines is 2. The molecule has 2 aromatic rings. The Labute approximate surface area is 135 Å². The van der Waals surface area contributed by atoms with Gasteiger partial charge < -0.3 is 10.2 Å². The van der Waals surface area contributed by atoms with Crippen LogP contribution in [0.25, 0.3) is 0 Å². The highest BCUT2D eigenvalue weighted by Gasteiger charge is 2.10. The van der Waals surface area contributed by atoms with Crippen LogP contribution in [-0.4, -0.2) is 28.0 Å². The van der Waals surface area contributed by atoms with Crippen molar-refractivity contribution < 1.29 is 0 Å². The van der Waals surface area contributed by atoms with Gasteiger partial charge in [-0.15, -0.1) is 11.3 Å². The minimum Gasteiger partial charge on any atom is -0.349 e. The number of rotatable bonds is 6. The Hall–Kier alpha value is -0.920. The maximum Gasteiger partial charge on any atom is 0.231 e. The second kappa shape index (κ2) is 7.19. The second-order valence-electron chi connectivity index (χ2n) is 3.96. The van der Waals surface area contributed by atoms with Gasteiger partial charge in [0.2, 0.25) is 17.2 Å². The van der Waals surface area contributed by atoms with Crippen LogP contribution >= 0.6 is 38.9 Å². The molecule has 2 aromatic heterocycles. The fourth-order valence-electron chi connectivity index (χ4n) is 1.68. The van der Waals surface area contributed by atoms with E-state index >= 15 is 0 Å². The van der Waals surface area contributed by atoms with Gasteiger partial charge in [0.15, 0.2) is 0 Å². The molecule has 0 fully saturated rings. The zero-order valence-corrected chi connectivity index (χ0v) is 14.4. The van der Waals surface area contributed by atoms with Crippen LogP contribution < -0.4 is 10.2 Å². The average Bonchev–Trinajstić information content (AvgIpc) is 2.83. The molecular formula is C12H15BrClN5S. The van der Waals surface area contributed by atoms with Crippen LogP contribution in [0.15, 0.2) is 15.9 Å². The minimum atomic E-state index is 0.205. The van der Waals surface area contributed by atoms with Crippen molar-refractivity contribution in [3.8, 4) is 0 Å². The van der Waals surface area contributed by atoms with Gasteiger partial charge in [0.1, 0.15) is 0 Å². The van der Waals surface area contributed by atoms with Crippen LogP contribution in [0.4, 0.5) is 11.9 Å². The van der Waals surface area contributed by atoms with Gasteiger partial charge in [-0.25, -0.2) is 0 Å². The van der Waals surface area contributed by atoms with E-state index in [-0.39, 0.29) is 5.28 Å². The summed E-state index contributed by atoms with van der Waals surface area (Å²) in [4.78, 5) is 15.9. The number of halogens is 2. The molecule has 0 bridgehead atoms. The Morgan fingerprint density at radius 3 is 2.60 bits per heavy atom. The van der Waals surface area contributed by atoms with Crippen LogP contribution in [-0.2, 0) is 6.54 Å². The van der Waals surface area contributed by atoms with E-state index in [4.69, 9.17) is 11.6 Å². The van der Waals surface area contributed by atoms with Gasteiger partial charge >= 0.3 is 0 Å². The molecule has 0 aliphatic heterocycles. The molecule has 2 heterocycles. The fraction of sp³-hybridized carbons (Fsp3) is 0.417. The van der Waals surface area contributed by atoms with Crippen LogP contribution in [0.5, 0.6) is 0 Å². The van der Waals surface area contributed by atoms with Crippen molar-refractivity contribution in [3.05, 3.63) is 26.1 Å². The predicted octanol–water partition coefficient (Wildman–Crippen LogP) is 3.81. The van der Waals surface area contributed by atoms with Gasteiger partial charge in [-0.2, -0.15) is 15.0 Å². The predicted molar refractivity (Wildman–Crippen MR) is 87.7 cm³/mol. The molecule has 1 N–H and O–H groups in total. The molecule has 5 nitrogen and oxygen atoms in total. The zero-order valence-electron chi connectivity index (χ0n) is 11.2. The summed E-state index contributed by atoms with van der Waals surface area (Å²) in [5.74, 6) is 1.10. The first-order chi connectivity index (χ1) is 9.62. The van der Waals surface area contributed by atoms with Gasteiger partial charge in [0.05, 0.1) is 10.3 Å². The Kier molecular flexibility index (Phi) is 5.56. The van der Waals surface area contributed by atoms with E-state index in [1.165, 1.54) is 4.88 Å². The van der Waals surface area contributed by atoms with Gasteiger partial charge in [0.25, 0.3) is 0 Å². The van der Waals surface area contributed by atoms with E-state index in [0.29, 0.717) is 18.4 Å². The van der Waals surface area contributed by atoms with Crippen LogP contribution in [0.2, 0.25) is 5.28 Å². The fourth-order valence-corrected chi connectivity index (χ4v) is 3.26. The molecule has 0 spiro atoms. The molecule has 20 heavy (non-hydrogen) atoms. The summed E-state index contributed by atoms with van der Waals surface area (Å²) in [5, 5.41) is 3.38. The van der Waals surface area contributed by atoms with Crippen molar-refractivity contribution in [2.75, 3.05) is 23.3 Å². The van der Waals surface area contributed by atoms with Gasteiger partial charge in [-0.05, 0) is 53.5 Å². The lowest BCUT2D eigenvalue weighted by molar-refractivity contribution is 0.811. The number of thiophene rings is 1. The topological polar surface area (TPSA) is 53.9 Å². The molecule has 0 saturated carbocycles. The Morgan fingerprint density at radius 2 is 2.00 bits per heavy atom. The van der Waals surface area contributed by atoms with Gasteiger partial charge in [-0.3, -0.25) is 0 Å². The standard InChI is InChI=1S/C12H15BrClN5S/c1-3-19(4-2)12-17-10(14)16-11(18-12)15-7-8-5-6-9(13)20-8/h5-6H,3-4,7H2,1-2H3,(H,15,16,17,18). The van der Waals surface area contributed by atoms with Gasteiger partial charge in [0, 0.05) is 18.0 Å².